The van der Waals surface area contributed by atoms with Crippen LogP contribution in [0.4, 0.5) is 0 Å². The summed E-state index contributed by atoms with van der Waals surface area (Å²) in [4.78, 5) is 0. The number of hydrogen-bond donors (Lipinski definition) is 1. The summed E-state index contributed by atoms with van der Waals surface area (Å²) in [6, 6.07) is 9.61. The quantitative estimate of drug-likeness (QED) is 0.753. The fourth-order valence-corrected chi connectivity index (χ4v) is 2.08. The van der Waals surface area contributed by atoms with E-state index >= 15 is 0 Å². The van der Waals surface area contributed by atoms with Gasteiger partial charge in [0.05, 0.1) is 7.11 Å². The number of aryl methyl sites for hydroxylation is 1. The molecule has 0 atom stereocenters. The third-order valence-electron chi connectivity index (χ3n) is 3.24. The van der Waals surface area contributed by atoms with Crippen molar-refractivity contribution in [3.63, 3.8) is 0 Å². The maximum atomic E-state index is 5.73. The first-order valence-corrected chi connectivity index (χ1v) is 7.28. The molecule has 2 aromatic rings. The van der Waals surface area contributed by atoms with Crippen molar-refractivity contribution >= 4 is 0 Å². The molecule has 114 valence electrons. The lowest BCUT2D eigenvalue weighted by Crippen LogP contribution is -2.13. The smallest absolute Gasteiger partial charge is 0.146 e. The Hall–Kier alpha value is -1.94. The predicted octanol–water partition coefficient (Wildman–Crippen LogP) is 3.68. The van der Waals surface area contributed by atoms with E-state index in [4.69, 9.17) is 13.9 Å². The summed E-state index contributed by atoms with van der Waals surface area (Å²) in [6.45, 7) is 6.41. The Morgan fingerprint density at radius 1 is 1.19 bits per heavy atom. The highest BCUT2D eigenvalue weighted by Gasteiger charge is 2.08. The number of rotatable bonds is 8. The lowest BCUT2D eigenvalue weighted by Gasteiger charge is -2.05. The van der Waals surface area contributed by atoms with Gasteiger partial charge in [0, 0.05) is 18.2 Å². The molecule has 0 bridgehead atoms. The third-order valence-corrected chi connectivity index (χ3v) is 3.24. The SMILES string of the molecule is CCCNCc1cc(COc2cccc(OC)c2)oc1C. The zero-order valence-electron chi connectivity index (χ0n) is 12.9. The lowest BCUT2D eigenvalue weighted by atomic mass is 10.2. The highest BCUT2D eigenvalue weighted by atomic mass is 16.5. The Kier molecular flexibility index (Phi) is 5.69. The number of benzene rings is 1. The Morgan fingerprint density at radius 2 is 2.00 bits per heavy atom. The molecule has 21 heavy (non-hydrogen) atoms. The molecule has 1 aromatic heterocycles. The third kappa shape index (κ3) is 4.53. The van der Waals surface area contributed by atoms with Gasteiger partial charge in [-0.1, -0.05) is 13.0 Å². The fraction of sp³-hybridized carbons (Fsp3) is 0.412. The van der Waals surface area contributed by atoms with E-state index in [2.05, 4.69) is 18.3 Å². The van der Waals surface area contributed by atoms with Crippen molar-refractivity contribution in [1.82, 2.24) is 5.32 Å². The average Bonchev–Trinajstić information content (AvgIpc) is 2.86. The minimum absolute atomic E-state index is 0.418. The second-order valence-electron chi connectivity index (χ2n) is 4.94. The van der Waals surface area contributed by atoms with Crippen molar-refractivity contribution < 1.29 is 13.9 Å². The summed E-state index contributed by atoms with van der Waals surface area (Å²) in [5.41, 5.74) is 1.19. The average molecular weight is 289 g/mol. The van der Waals surface area contributed by atoms with E-state index in [1.807, 2.05) is 31.2 Å². The number of methoxy groups -OCH3 is 1. The molecule has 0 aliphatic carbocycles. The van der Waals surface area contributed by atoms with Crippen molar-refractivity contribution in [1.29, 1.82) is 0 Å². The van der Waals surface area contributed by atoms with E-state index in [1.165, 1.54) is 5.56 Å². The molecule has 1 aromatic carbocycles. The topological polar surface area (TPSA) is 43.6 Å². The van der Waals surface area contributed by atoms with Gasteiger partial charge in [-0.05, 0) is 38.1 Å². The summed E-state index contributed by atoms with van der Waals surface area (Å²) < 4.78 is 16.6. The molecule has 0 saturated heterocycles. The molecule has 0 spiro atoms. The van der Waals surface area contributed by atoms with E-state index < -0.39 is 0 Å². The second-order valence-corrected chi connectivity index (χ2v) is 4.94. The van der Waals surface area contributed by atoms with E-state index in [0.717, 1.165) is 42.5 Å². The molecule has 0 aliphatic rings. The monoisotopic (exact) mass is 289 g/mol. The molecule has 1 N–H and O–H groups in total. The van der Waals surface area contributed by atoms with Gasteiger partial charge in [0.25, 0.3) is 0 Å². The Labute approximate surface area is 126 Å². The van der Waals surface area contributed by atoms with Gasteiger partial charge in [0.15, 0.2) is 0 Å². The van der Waals surface area contributed by atoms with Crippen LogP contribution in [0, 0.1) is 6.92 Å². The summed E-state index contributed by atoms with van der Waals surface area (Å²) >= 11 is 0. The van der Waals surface area contributed by atoms with Crippen LogP contribution in [0.3, 0.4) is 0 Å². The Morgan fingerprint density at radius 3 is 2.76 bits per heavy atom. The molecule has 0 aliphatic heterocycles. The van der Waals surface area contributed by atoms with Gasteiger partial charge in [0.2, 0.25) is 0 Å². The predicted molar refractivity (Wildman–Crippen MR) is 82.8 cm³/mol. The van der Waals surface area contributed by atoms with E-state index in [1.54, 1.807) is 7.11 Å². The van der Waals surface area contributed by atoms with Crippen LogP contribution in [0.25, 0.3) is 0 Å². The minimum Gasteiger partial charge on any atom is -0.497 e. The van der Waals surface area contributed by atoms with Crippen molar-refractivity contribution in [3.8, 4) is 11.5 Å². The van der Waals surface area contributed by atoms with Gasteiger partial charge in [-0.3, -0.25) is 0 Å². The fourth-order valence-electron chi connectivity index (χ4n) is 2.08. The van der Waals surface area contributed by atoms with Crippen molar-refractivity contribution in [2.45, 2.75) is 33.4 Å². The maximum absolute atomic E-state index is 5.73. The highest BCUT2D eigenvalue weighted by Crippen LogP contribution is 2.21. The van der Waals surface area contributed by atoms with Crippen LogP contribution >= 0.6 is 0 Å². The lowest BCUT2D eigenvalue weighted by molar-refractivity contribution is 0.266. The largest absolute Gasteiger partial charge is 0.497 e. The summed E-state index contributed by atoms with van der Waals surface area (Å²) in [6.07, 6.45) is 1.13. The molecule has 0 radical (unpaired) electrons. The van der Waals surface area contributed by atoms with Gasteiger partial charge in [0.1, 0.15) is 29.6 Å². The Balaban J connectivity index is 1.92. The van der Waals surface area contributed by atoms with Crippen LogP contribution in [0.5, 0.6) is 11.5 Å². The molecule has 0 unspecified atom stereocenters. The minimum atomic E-state index is 0.418. The van der Waals surface area contributed by atoms with Crippen LogP contribution in [-0.2, 0) is 13.2 Å². The molecule has 0 fully saturated rings. The van der Waals surface area contributed by atoms with Gasteiger partial charge >= 0.3 is 0 Å². The Bertz CT molecular complexity index is 563. The molecular formula is C17H23NO3. The summed E-state index contributed by atoms with van der Waals surface area (Å²) in [5, 5.41) is 3.38. The van der Waals surface area contributed by atoms with Gasteiger partial charge < -0.3 is 19.2 Å². The normalized spacial score (nSPS) is 10.6. The molecule has 1 heterocycles. The first-order chi connectivity index (χ1) is 10.2. The second kappa shape index (κ2) is 7.74. The number of ether oxygens (including phenoxy) is 2. The zero-order valence-corrected chi connectivity index (χ0v) is 12.9. The standard InChI is InChI=1S/C17H23NO3/c1-4-8-18-11-14-9-17(21-13(14)2)12-20-16-7-5-6-15(10-16)19-3/h5-7,9-10,18H,4,8,11-12H2,1-3H3. The van der Waals surface area contributed by atoms with Crippen LogP contribution < -0.4 is 14.8 Å². The summed E-state index contributed by atoms with van der Waals surface area (Å²) in [5.74, 6) is 3.34. The molecule has 4 nitrogen and oxygen atoms in total. The van der Waals surface area contributed by atoms with Gasteiger partial charge in [-0.25, -0.2) is 0 Å². The molecule has 0 saturated carbocycles. The molecule has 2 rings (SSSR count). The van der Waals surface area contributed by atoms with E-state index in [9.17, 15) is 0 Å². The summed E-state index contributed by atoms with van der Waals surface area (Å²) in [7, 11) is 1.64. The van der Waals surface area contributed by atoms with Crippen LogP contribution in [0.2, 0.25) is 0 Å². The number of hydrogen-bond acceptors (Lipinski definition) is 4. The van der Waals surface area contributed by atoms with Gasteiger partial charge in [-0.15, -0.1) is 0 Å². The molecule has 4 heteroatoms. The van der Waals surface area contributed by atoms with Crippen molar-refractivity contribution in [2.24, 2.45) is 0 Å². The van der Waals surface area contributed by atoms with Crippen LogP contribution in [0.1, 0.15) is 30.4 Å². The van der Waals surface area contributed by atoms with Crippen molar-refractivity contribution in [3.05, 3.63) is 47.4 Å². The van der Waals surface area contributed by atoms with Gasteiger partial charge in [-0.2, -0.15) is 0 Å². The van der Waals surface area contributed by atoms with E-state index in [0.29, 0.717) is 6.61 Å². The first-order valence-electron chi connectivity index (χ1n) is 7.28. The van der Waals surface area contributed by atoms with Crippen LogP contribution in [-0.4, -0.2) is 13.7 Å². The zero-order chi connectivity index (χ0) is 15.1. The number of nitrogens with one attached hydrogen (secondary N) is 1. The van der Waals surface area contributed by atoms with E-state index in [-0.39, 0.29) is 0 Å². The maximum Gasteiger partial charge on any atom is 0.146 e. The number of furan rings is 1. The first kappa shape index (κ1) is 15.4. The highest BCUT2D eigenvalue weighted by molar-refractivity contribution is 5.33. The molecular weight excluding hydrogens is 266 g/mol. The van der Waals surface area contributed by atoms with Crippen LogP contribution in [0.15, 0.2) is 34.7 Å². The molecule has 0 amide bonds. The van der Waals surface area contributed by atoms with Crippen molar-refractivity contribution in [2.75, 3.05) is 13.7 Å².